The van der Waals surface area contributed by atoms with E-state index >= 15 is 0 Å². The average molecular weight is 468 g/mol. The van der Waals surface area contributed by atoms with Crippen LogP contribution in [0.2, 0.25) is 0 Å². The molecule has 3 aromatic rings. The molecule has 3 nitrogen and oxygen atoms in total. The summed E-state index contributed by atoms with van der Waals surface area (Å²) in [6, 6.07) is 26.2. The van der Waals surface area contributed by atoms with Gasteiger partial charge in [-0.25, -0.2) is 4.79 Å². The van der Waals surface area contributed by atoms with Gasteiger partial charge in [-0.05, 0) is 66.5 Å². The van der Waals surface area contributed by atoms with Crippen molar-refractivity contribution in [2.75, 3.05) is 0 Å². The largest absolute Gasteiger partial charge is 0.423 e. The number of para-hydroxylation sites is 1. The maximum absolute atomic E-state index is 13.4. The van der Waals surface area contributed by atoms with Crippen molar-refractivity contribution in [2.45, 2.75) is 77.6 Å². The molecule has 0 heterocycles. The van der Waals surface area contributed by atoms with Gasteiger partial charge in [0.25, 0.3) is 0 Å². The summed E-state index contributed by atoms with van der Waals surface area (Å²) in [4.78, 5) is 13.4. The van der Waals surface area contributed by atoms with Crippen molar-refractivity contribution in [3.8, 4) is 22.9 Å². The van der Waals surface area contributed by atoms with Gasteiger partial charge in [0.2, 0.25) is 0 Å². The van der Waals surface area contributed by atoms with Crippen molar-refractivity contribution < 1.29 is 9.53 Å². The number of benzene rings is 3. The van der Waals surface area contributed by atoms with Gasteiger partial charge in [-0.1, -0.05) is 99.7 Å². The van der Waals surface area contributed by atoms with Gasteiger partial charge in [0.15, 0.2) is 0 Å². The number of carbonyl (C=O) groups excluding carboxylic acids is 1. The van der Waals surface area contributed by atoms with Crippen molar-refractivity contribution in [1.82, 2.24) is 0 Å². The number of nitrogens with zero attached hydrogens (tertiary/aromatic N) is 1. The third kappa shape index (κ3) is 8.11. The quantitative estimate of drug-likeness (QED) is 0.135. The van der Waals surface area contributed by atoms with Gasteiger partial charge in [0.1, 0.15) is 5.75 Å². The molecule has 0 fully saturated rings. The van der Waals surface area contributed by atoms with Crippen LogP contribution in [-0.4, -0.2) is 5.97 Å². The lowest BCUT2D eigenvalue weighted by Gasteiger charge is -2.15. The van der Waals surface area contributed by atoms with E-state index in [1.807, 2.05) is 54.6 Å². The molecule has 35 heavy (non-hydrogen) atoms. The number of carbonyl (C=O) groups is 1. The Labute approximate surface area is 210 Å². The molecular formula is C32H37NO2. The van der Waals surface area contributed by atoms with Crippen LogP contribution in [0.3, 0.4) is 0 Å². The van der Waals surface area contributed by atoms with Crippen molar-refractivity contribution in [3.63, 3.8) is 0 Å². The fraction of sp³-hybridized carbons (Fsp3) is 0.375. The monoisotopic (exact) mass is 467 g/mol. The summed E-state index contributed by atoms with van der Waals surface area (Å²) >= 11 is 0. The van der Waals surface area contributed by atoms with Crippen molar-refractivity contribution in [3.05, 3.63) is 89.5 Å². The minimum atomic E-state index is -0.312. The molecule has 0 amide bonds. The Hall–Kier alpha value is -3.38. The van der Waals surface area contributed by atoms with Crippen LogP contribution in [0, 0.1) is 11.3 Å². The first kappa shape index (κ1) is 26.2. The van der Waals surface area contributed by atoms with Gasteiger partial charge in [0.05, 0.1) is 11.6 Å². The minimum absolute atomic E-state index is 0.312. The second-order valence-corrected chi connectivity index (χ2v) is 9.08. The van der Waals surface area contributed by atoms with Crippen LogP contribution in [0.1, 0.15) is 86.2 Å². The second-order valence-electron chi connectivity index (χ2n) is 9.08. The molecule has 0 spiro atoms. The Bertz CT molecular complexity index is 1110. The van der Waals surface area contributed by atoms with Crippen LogP contribution in [0.4, 0.5) is 0 Å². The van der Waals surface area contributed by atoms with E-state index in [1.165, 1.54) is 18.4 Å². The highest BCUT2D eigenvalue weighted by molar-refractivity contribution is 5.99. The molecule has 0 unspecified atom stereocenters. The fourth-order valence-corrected chi connectivity index (χ4v) is 4.48. The third-order valence-electron chi connectivity index (χ3n) is 6.41. The predicted molar refractivity (Wildman–Crippen MR) is 144 cm³/mol. The first-order valence-electron chi connectivity index (χ1n) is 13.1. The summed E-state index contributed by atoms with van der Waals surface area (Å²) in [6.07, 6.45) is 11.4. The van der Waals surface area contributed by atoms with E-state index in [4.69, 9.17) is 10.00 Å². The fourth-order valence-electron chi connectivity index (χ4n) is 4.48. The summed E-state index contributed by atoms with van der Waals surface area (Å²) in [5.74, 6) is 0.334. The Kier molecular flexibility index (Phi) is 11.1. The van der Waals surface area contributed by atoms with E-state index in [1.54, 1.807) is 0 Å². The van der Waals surface area contributed by atoms with E-state index in [0.29, 0.717) is 17.7 Å². The van der Waals surface area contributed by atoms with Crippen LogP contribution in [0.5, 0.6) is 5.75 Å². The zero-order chi connectivity index (χ0) is 24.7. The highest BCUT2D eigenvalue weighted by Gasteiger charge is 2.17. The predicted octanol–water partition coefficient (Wildman–Crippen LogP) is 8.71. The van der Waals surface area contributed by atoms with Gasteiger partial charge in [-0.15, -0.1) is 0 Å². The highest BCUT2D eigenvalue weighted by Crippen LogP contribution is 2.30. The van der Waals surface area contributed by atoms with Crippen molar-refractivity contribution in [2.24, 2.45) is 0 Å². The Morgan fingerprint density at radius 1 is 0.714 bits per heavy atom. The lowest BCUT2D eigenvalue weighted by Crippen LogP contribution is -2.11. The standard InChI is InChI=1S/C32H37NO2/c1-2-3-8-17-26-18-10-12-21-28(26)29-22-13-14-23-30(29)32(34)35-31-24-15-11-20-27(31)19-9-6-4-5-7-16-25-33/h10-15,18,20-24H,2-9,16-17,19H2,1H3. The average Bonchev–Trinajstić information content (AvgIpc) is 2.89. The maximum atomic E-state index is 13.4. The van der Waals surface area contributed by atoms with Crippen LogP contribution in [0.15, 0.2) is 72.8 Å². The maximum Gasteiger partial charge on any atom is 0.344 e. The number of esters is 1. The zero-order valence-corrected chi connectivity index (χ0v) is 21.0. The molecule has 0 atom stereocenters. The SMILES string of the molecule is CCCCCc1ccccc1-c1ccccc1C(=O)Oc1ccccc1CCCCCCCC#N. The highest BCUT2D eigenvalue weighted by atomic mass is 16.5. The molecule has 0 aromatic heterocycles. The molecule has 0 saturated heterocycles. The number of hydrogen-bond donors (Lipinski definition) is 0. The third-order valence-corrected chi connectivity index (χ3v) is 6.41. The van der Waals surface area contributed by atoms with E-state index < -0.39 is 0 Å². The Morgan fingerprint density at radius 3 is 2.11 bits per heavy atom. The number of rotatable bonds is 14. The van der Waals surface area contributed by atoms with E-state index in [-0.39, 0.29) is 5.97 Å². The molecule has 0 saturated carbocycles. The molecule has 3 heteroatoms. The van der Waals surface area contributed by atoms with Crippen LogP contribution in [0.25, 0.3) is 11.1 Å². The topological polar surface area (TPSA) is 50.1 Å². The normalized spacial score (nSPS) is 10.6. The van der Waals surface area contributed by atoms with E-state index in [0.717, 1.165) is 68.1 Å². The number of hydrogen-bond acceptors (Lipinski definition) is 3. The molecule has 3 aromatic carbocycles. The first-order chi connectivity index (χ1) is 17.2. The number of nitriles is 1. The van der Waals surface area contributed by atoms with Crippen LogP contribution >= 0.6 is 0 Å². The second kappa shape index (κ2) is 14.8. The summed E-state index contributed by atoms with van der Waals surface area (Å²) in [7, 11) is 0. The van der Waals surface area contributed by atoms with Gasteiger partial charge in [-0.2, -0.15) is 5.26 Å². The Balaban J connectivity index is 1.71. The van der Waals surface area contributed by atoms with Gasteiger partial charge < -0.3 is 4.74 Å². The van der Waals surface area contributed by atoms with Crippen molar-refractivity contribution >= 4 is 5.97 Å². The molecule has 0 bridgehead atoms. The Morgan fingerprint density at radius 2 is 1.31 bits per heavy atom. The molecule has 0 aliphatic carbocycles. The van der Waals surface area contributed by atoms with Crippen LogP contribution in [-0.2, 0) is 12.8 Å². The lowest BCUT2D eigenvalue weighted by atomic mass is 9.93. The summed E-state index contributed by atoms with van der Waals surface area (Å²) in [5.41, 5.74) is 4.98. The number of ether oxygens (including phenoxy) is 1. The lowest BCUT2D eigenvalue weighted by molar-refractivity contribution is 0.0734. The molecule has 0 N–H and O–H groups in total. The number of aryl methyl sites for hydroxylation is 2. The van der Waals surface area contributed by atoms with E-state index in [2.05, 4.69) is 31.2 Å². The minimum Gasteiger partial charge on any atom is -0.423 e. The van der Waals surface area contributed by atoms with Gasteiger partial charge >= 0.3 is 5.97 Å². The molecular weight excluding hydrogens is 430 g/mol. The number of unbranched alkanes of at least 4 members (excludes halogenated alkanes) is 7. The molecule has 182 valence electrons. The van der Waals surface area contributed by atoms with E-state index in [9.17, 15) is 4.79 Å². The smallest absolute Gasteiger partial charge is 0.344 e. The summed E-state index contributed by atoms with van der Waals surface area (Å²) < 4.78 is 5.97. The molecule has 0 aliphatic rings. The summed E-state index contributed by atoms with van der Waals surface area (Å²) in [6.45, 7) is 2.21. The van der Waals surface area contributed by atoms with Crippen LogP contribution < -0.4 is 4.74 Å². The zero-order valence-electron chi connectivity index (χ0n) is 21.0. The van der Waals surface area contributed by atoms with Crippen molar-refractivity contribution in [1.29, 1.82) is 5.26 Å². The first-order valence-corrected chi connectivity index (χ1v) is 13.1. The van der Waals surface area contributed by atoms with Gasteiger partial charge in [-0.3, -0.25) is 0 Å². The summed E-state index contributed by atoms with van der Waals surface area (Å²) in [5, 5.41) is 8.65. The molecule has 3 rings (SSSR count). The van der Waals surface area contributed by atoms with Gasteiger partial charge in [0, 0.05) is 6.42 Å². The molecule has 0 aliphatic heterocycles. The molecule has 0 radical (unpaired) electrons.